The average Bonchev–Trinajstić information content (AvgIpc) is 2.50. The molecule has 5 nitrogen and oxygen atoms in total. The molecule has 0 aromatic heterocycles. The summed E-state index contributed by atoms with van der Waals surface area (Å²) < 4.78 is 0. The van der Waals surface area contributed by atoms with E-state index >= 15 is 0 Å². The maximum absolute atomic E-state index is 5.56. The van der Waals surface area contributed by atoms with Crippen molar-refractivity contribution in [3.8, 4) is 0 Å². The summed E-state index contributed by atoms with van der Waals surface area (Å²) in [6, 6.07) is 0.271. The molecule has 6 N–H and O–H groups in total. The van der Waals surface area contributed by atoms with Crippen LogP contribution in [-0.2, 0) is 0 Å². The molecule has 1 rings (SSSR count). The minimum atomic E-state index is -0.0371. The lowest BCUT2D eigenvalue weighted by molar-refractivity contribution is 0.717. The van der Waals surface area contributed by atoms with Crippen molar-refractivity contribution >= 4 is 23.7 Å². The molecule has 1 aliphatic rings. The third-order valence-electron chi connectivity index (χ3n) is 2.26. The molecule has 0 aromatic carbocycles. The molecule has 2 atom stereocenters. The first-order valence-corrected chi connectivity index (χ1v) is 5.88. The highest BCUT2D eigenvalue weighted by molar-refractivity contribution is 7.99. The molecule has 0 saturated heterocycles. The summed E-state index contributed by atoms with van der Waals surface area (Å²) in [5.41, 5.74) is 16.0. The molecule has 0 aromatic rings. The van der Waals surface area contributed by atoms with Gasteiger partial charge in [0, 0.05) is 5.25 Å². The normalized spacial score (nSPS) is 27.6. The van der Waals surface area contributed by atoms with Crippen molar-refractivity contribution < 1.29 is 0 Å². The number of hydrogen-bond acceptors (Lipinski definition) is 2. The zero-order valence-electron chi connectivity index (χ0n) is 8.31. The lowest BCUT2D eigenvalue weighted by Gasteiger charge is -2.12. The van der Waals surface area contributed by atoms with Crippen LogP contribution < -0.4 is 17.2 Å². The fourth-order valence-electron chi connectivity index (χ4n) is 1.66. The van der Waals surface area contributed by atoms with E-state index in [2.05, 4.69) is 16.2 Å². The molecule has 1 saturated carbocycles. The minimum Gasteiger partial charge on any atom is -0.370 e. The highest BCUT2D eigenvalue weighted by Crippen LogP contribution is 2.30. The van der Waals surface area contributed by atoms with Crippen molar-refractivity contribution in [1.29, 1.82) is 0 Å². The number of rotatable bonds is 2. The number of guanidine groups is 2. The van der Waals surface area contributed by atoms with Gasteiger partial charge < -0.3 is 17.2 Å². The van der Waals surface area contributed by atoms with Crippen LogP contribution in [0.15, 0.2) is 9.98 Å². The molecule has 0 amide bonds. The van der Waals surface area contributed by atoms with E-state index in [0.717, 1.165) is 6.42 Å². The summed E-state index contributed by atoms with van der Waals surface area (Å²) in [6.07, 6.45) is 5.57. The van der Waals surface area contributed by atoms with Crippen LogP contribution in [0.4, 0.5) is 0 Å². The van der Waals surface area contributed by atoms with E-state index in [1.54, 1.807) is 0 Å². The van der Waals surface area contributed by atoms with E-state index in [9.17, 15) is 0 Å². The predicted molar refractivity (Wildman–Crippen MR) is 62.4 cm³/mol. The number of nitrogens with two attached hydrogens (primary N) is 3. The van der Waals surface area contributed by atoms with Crippen molar-refractivity contribution in [3.63, 3.8) is 0 Å². The van der Waals surface area contributed by atoms with Crippen molar-refractivity contribution in [2.45, 2.75) is 30.6 Å². The van der Waals surface area contributed by atoms with Crippen LogP contribution in [0.25, 0.3) is 0 Å². The molecule has 0 spiro atoms. The van der Waals surface area contributed by atoms with Gasteiger partial charge in [-0.15, -0.1) is 0 Å². The molecule has 14 heavy (non-hydrogen) atoms. The monoisotopic (exact) mass is 215 g/mol. The Morgan fingerprint density at radius 3 is 2.57 bits per heavy atom. The fourth-order valence-corrected chi connectivity index (χ4v) is 2.57. The molecule has 0 heterocycles. The molecule has 1 aliphatic carbocycles. The SMILES string of the molecule is CSC1CCCC1N=C(N)N=C(N)N. The summed E-state index contributed by atoms with van der Waals surface area (Å²) in [5, 5.41) is 0.558. The van der Waals surface area contributed by atoms with E-state index in [1.807, 2.05) is 11.8 Å². The van der Waals surface area contributed by atoms with E-state index in [-0.39, 0.29) is 18.0 Å². The van der Waals surface area contributed by atoms with Gasteiger partial charge in [0.2, 0.25) is 5.96 Å². The van der Waals surface area contributed by atoms with Gasteiger partial charge in [0.1, 0.15) is 0 Å². The lowest BCUT2D eigenvalue weighted by Crippen LogP contribution is -2.27. The Bertz CT molecular complexity index is 246. The number of nitrogens with zero attached hydrogens (tertiary/aromatic N) is 2. The van der Waals surface area contributed by atoms with Gasteiger partial charge >= 0.3 is 0 Å². The largest absolute Gasteiger partial charge is 0.370 e. The van der Waals surface area contributed by atoms with Crippen molar-refractivity contribution in [1.82, 2.24) is 0 Å². The van der Waals surface area contributed by atoms with Gasteiger partial charge in [0.25, 0.3) is 0 Å². The summed E-state index contributed by atoms with van der Waals surface area (Å²) in [7, 11) is 0. The van der Waals surface area contributed by atoms with Crippen molar-refractivity contribution in [3.05, 3.63) is 0 Å². The van der Waals surface area contributed by atoms with E-state index in [4.69, 9.17) is 17.2 Å². The summed E-state index contributed by atoms with van der Waals surface area (Å²) in [6.45, 7) is 0. The Balaban J connectivity index is 2.61. The van der Waals surface area contributed by atoms with Gasteiger partial charge in [-0.25, -0.2) is 4.99 Å². The third kappa shape index (κ3) is 3.10. The Morgan fingerprint density at radius 2 is 2.00 bits per heavy atom. The molecule has 80 valence electrons. The van der Waals surface area contributed by atoms with E-state index < -0.39 is 0 Å². The minimum absolute atomic E-state index is 0.0371. The lowest BCUT2D eigenvalue weighted by atomic mass is 10.3. The van der Waals surface area contributed by atoms with Crippen LogP contribution in [0.2, 0.25) is 0 Å². The summed E-state index contributed by atoms with van der Waals surface area (Å²) in [4.78, 5) is 7.99. The van der Waals surface area contributed by atoms with Gasteiger partial charge in [-0.1, -0.05) is 6.42 Å². The highest BCUT2D eigenvalue weighted by Gasteiger charge is 2.26. The smallest absolute Gasteiger partial charge is 0.218 e. The highest BCUT2D eigenvalue weighted by atomic mass is 32.2. The first-order chi connectivity index (χ1) is 6.63. The van der Waals surface area contributed by atoms with Crippen LogP contribution in [0.1, 0.15) is 19.3 Å². The van der Waals surface area contributed by atoms with Crippen molar-refractivity contribution in [2.75, 3.05) is 6.26 Å². The van der Waals surface area contributed by atoms with Gasteiger partial charge in [0.05, 0.1) is 6.04 Å². The molecule has 0 radical (unpaired) electrons. The van der Waals surface area contributed by atoms with Crippen molar-refractivity contribution in [2.24, 2.45) is 27.2 Å². The maximum Gasteiger partial charge on any atom is 0.218 e. The molecule has 0 bridgehead atoms. The fraction of sp³-hybridized carbons (Fsp3) is 0.750. The van der Waals surface area contributed by atoms with Gasteiger partial charge in [-0.2, -0.15) is 16.8 Å². The molecule has 6 heteroatoms. The second-order valence-corrected chi connectivity index (χ2v) is 4.37. The average molecular weight is 215 g/mol. The van der Waals surface area contributed by atoms with Crippen LogP contribution >= 0.6 is 11.8 Å². The van der Waals surface area contributed by atoms with Gasteiger partial charge in [0.15, 0.2) is 5.96 Å². The van der Waals surface area contributed by atoms with Crippen LogP contribution in [-0.4, -0.2) is 29.5 Å². The van der Waals surface area contributed by atoms with E-state index in [1.165, 1.54) is 12.8 Å². The molecular weight excluding hydrogens is 198 g/mol. The van der Waals surface area contributed by atoms with Crippen LogP contribution in [0.3, 0.4) is 0 Å². The number of hydrogen-bond donors (Lipinski definition) is 3. The zero-order chi connectivity index (χ0) is 10.6. The maximum atomic E-state index is 5.56. The number of aliphatic imine (C=N–C) groups is 2. The standard InChI is InChI=1S/C8H17N5S/c1-14-6-4-2-3-5(6)12-8(11)13-7(9)10/h5-6H,2-4H2,1H3,(H6,9,10,11,12,13). The number of thioether (sulfide) groups is 1. The second kappa shape index (κ2) is 5.09. The molecule has 2 unspecified atom stereocenters. The molecule has 1 fully saturated rings. The Labute approximate surface area is 88.2 Å². The molecular formula is C8H17N5S. The summed E-state index contributed by atoms with van der Waals surface area (Å²) in [5.74, 6) is 0.154. The van der Waals surface area contributed by atoms with E-state index in [0.29, 0.717) is 5.25 Å². The third-order valence-corrected chi connectivity index (χ3v) is 3.42. The van der Waals surface area contributed by atoms with Crippen LogP contribution in [0, 0.1) is 0 Å². The topological polar surface area (TPSA) is 103 Å². The predicted octanol–water partition coefficient (Wildman–Crippen LogP) is -0.141. The zero-order valence-corrected chi connectivity index (χ0v) is 9.13. The Hall–Kier alpha value is -0.910. The Morgan fingerprint density at radius 1 is 1.29 bits per heavy atom. The van der Waals surface area contributed by atoms with Gasteiger partial charge in [-0.05, 0) is 19.1 Å². The summed E-state index contributed by atoms with van der Waals surface area (Å²) >= 11 is 1.83. The molecule has 0 aliphatic heterocycles. The Kier molecular flexibility index (Phi) is 4.06. The van der Waals surface area contributed by atoms with Crippen LogP contribution in [0.5, 0.6) is 0 Å². The second-order valence-electron chi connectivity index (χ2n) is 3.30. The first-order valence-electron chi connectivity index (χ1n) is 4.59. The van der Waals surface area contributed by atoms with Gasteiger partial charge in [-0.3, -0.25) is 0 Å². The quantitative estimate of drug-likeness (QED) is 0.440. The first kappa shape index (κ1) is 11.2.